The topological polar surface area (TPSA) is 41.9 Å². The van der Waals surface area contributed by atoms with Crippen molar-refractivity contribution in [3.63, 3.8) is 0 Å². The maximum Gasteiger partial charge on any atom is 0.248 e. The first-order chi connectivity index (χ1) is 5.27. The molecule has 4 heteroatoms. The summed E-state index contributed by atoms with van der Waals surface area (Å²) in [4.78, 5) is 11.0. The van der Waals surface area contributed by atoms with Crippen molar-refractivity contribution in [1.29, 1.82) is 0 Å². The molecule has 0 radical (unpaired) electrons. The Labute approximate surface area is 65.8 Å². The molecule has 0 aromatic heterocycles. The van der Waals surface area contributed by atoms with Gasteiger partial charge in [-0.1, -0.05) is 0 Å². The van der Waals surface area contributed by atoms with Gasteiger partial charge in [-0.15, -0.1) is 0 Å². The number of hydrazone groups is 1. The molecule has 11 heavy (non-hydrogen) atoms. The molecule has 1 heterocycles. The summed E-state index contributed by atoms with van der Waals surface area (Å²) in [5.74, 6) is 0.0690. The number of nitrogens with zero attached hydrogens (tertiary/aromatic N) is 2. The van der Waals surface area contributed by atoms with Crippen molar-refractivity contribution in [2.24, 2.45) is 5.10 Å². The Morgan fingerprint density at radius 2 is 2.45 bits per heavy atom. The van der Waals surface area contributed by atoms with Gasteiger partial charge < -0.3 is 4.74 Å². The van der Waals surface area contributed by atoms with Crippen LogP contribution in [0.2, 0.25) is 0 Å². The Morgan fingerprint density at radius 1 is 1.73 bits per heavy atom. The van der Waals surface area contributed by atoms with E-state index in [0.29, 0.717) is 19.6 Å². The fraction of sp³-hybridized carbons (Fsp3) is 0.714. The van der Waals surface area contributed by atoms with Crippen LogP contribution >= 0.6 is 0 Å². The summed E-state index contributed by atoms with van der Waals surface area (Å²) in [7, 11) is 1.60. The molecule has 1 aliphatic rings. The normalized spacial score (nSPS) is 17.5. The summed E-state index contributed by atoms with van der Waals surface area (Å²) in [5, 5.41) is 5.52. The van der Waals surface area contributed by atoms with E-state index in [9.17, 15) is 4.79 Å². The molecule has 0 saturated carbocycles. The van der Waals surface area contributed by atoms with Crippen LogP contribution in [0.25, 0.3) is 0 Å². The van der Waals surface area contributed by atoms with Gasteiger partial charge >= 0.3 is 0 Å². The van der Waals surface area contributed by atoms with Gasteiger partial charge in [0.25, 0.3) is 0 Å². The number of hydrogen-bond acceptors (Lipinski definition) is 3. The van der Waals surface area contributed by atoms with E-state index in [2.05, 4.69) is 5.10 Å². The number of amides is 1. The molecule has 0 unspecified atom stereocenters. The van der Waals surface area contributed by atoms with Gasteiger partial charge in [0.1, 0.15) is 0 Å². The first-order valence-corrected chi connectivity index (χ1v) is 3.63. The second-order valence-corrected chi connectivity index (χ2v) is 2.39. The molecule has 1 amide bonds. The molecule has 0 N–H and O–H groups in total. The van der Waals surface area contributed by atoms with Crippen molar-refractivity contribution >= 4 is 11.6 Å². The first-order valence-electron chi connectivity index (χ1n) is 3.63. The largest absolute Gasteiger partial charge is 0.379 e. The van der Waals surface area contributed by atoms with E-state index in [-0.39, 0.29) is 5.91 Å². The molecule has 62 valence electrons. The fourth-order valence-electron chi connectivity index (χ4n) is 1.02. The predicted molar refractivity (Wildman–Crippen MR) is 41.3 cm³/mol. The Balaban J connectivity index is 2.52. The number of ether oxygens (including phenoxy) is 1. The summed E-state index contributed by atoms with van der Waals surface area (Å²) in [5.41, 5.74) is 0.819. The van der Waals surface area contributed by atoms with Crippen molar-refractivity contribution in [3.8, 4) is 0 Å². The summed E-state index contributed by atoms with van der Waals surface area (Å²) < 4.78 is 4.86. The van der Waals surface area contributed by atoms with Crippen LogP contribution < -0.4 is 0 Å². The maximum absolute atomic E-state index is 11.0. The highest BCUT2D eigenvalue weighted by Crippen LogP contribution is 2.06. The predicted octanol–water partition coefficient (Wildman–Crippen LogP) is 0.241. The zero-order valence-corrected chi connectivity index (χ0v) is 6.83. The molecule has 4 nitrogen and oxygen atoms in total. The van der Waals surface area contributed by atoms with Crippen LogP contribution in [-0.2, 0) is 9.53 Å². The highest BCUT2D eigenvalue weighted by atomic mass is 16.5. The third-order valence-electron chi connectivity index (χ3n) is 1.52. The Morgan fingerprint density at radius 3 is 2.91 bits per heavy atom. The number of carbonyl (C=O) groups excluding carboxylic acids is 1. The van der Waals surface area contributed by atoms with Gasteiger partial charge in [0.15, 0.2) is 0 Å². The van der Waals surface area contributed by atoms with Crippen molar-refractivity contribution in [2.45, 2.75) is 13.3 Å². The van der Waals surface area contributed by atoms with Gasteiger partial charge in [-0.3, -0.25) is 4.79 Å². The van der Waals surface area contributed by atoms with Gasteiger partial charge in [-0.05, 0) is 6.92 Å². The van der Waals surface area contributed by atoms with Crippen LogP contribution in [-0.4, -0.2) is 36.9 Å². The standard InChI is InChI=1S/C7H12N2O2/c1-3-9-7(10)4-6(8-9)5-11-2/h3-5H2,1-2H3. The fourth-order valence-corrected chi connectivity index (χ4v) is 1.02. The van der Waals surface area contributed by atoms with Crippen LogP contribution in [0, 0.1) is 0 Å². The van der Waals surface area contributed by atoms with E-state index in [1.165, 1.54) is 5.01 Å². The van der Waals surface area contributed by atoms with Gasteiger partial charge in [0, 0.05) is 13.7 Å². The first kappa shape index (κ1) is 8.20. The number of methoxy groups -OCH3 is 1. The van der Waals surface area contributed by atoms with Gasteiger partial charge in [-0.2, -0.15) is 5.10 Å². The van der Waals surface area contributed by atoms with Crippen molar-refractivity contribution < 1.29 is 9.53 Å². The van der Waals surface area contributed by atoms with Crippen LogP contribution in [0.4, 0.5) is 0 Å². The molecule has 0 aromatic carbocycles. The van der Waals surface area contributed by atoms with Gasteiger partial charge in [0.05, 0.1) is 18.7 Å². The van der Waals surface area contributed by atoms with Crippen LogP contribution in [0.5, 0.6) is 0 Å². The van der Waals surface area contributed by atoms with Crippen LogP contribution in [0.15, 0.2) is 5.10 Å². The van der Waals surface area contributed by atoms with E-state index >= 15 is 0 Å². The molecule has 0 aromatic rings. The van der Waals surface area contributed by atoms with Crippen LogP contribution in [0.3, 0.4) is 0 Å². The molecule has 0 fully saturated rings. The zero-order valence-electron chi connectivity index (χ0n) is 6.83. The molecule has 0 spiro atoms. The maximum atomic E-state index is 11.0. The molecule has 1 rings (SSSR count). The van der Waals surface area contributed by atoms with Crippen LogP contribution in [0.1, 0.15) is 13.3 Å². The molecule has 0 atom stereocenters. The summed E-state index contributed by atoms with van der Waals surface area (Å²) >= 11 is 0. The van der Waals surface area contributed by atoms with E-state index in [0.717, 1.165) is 5.71 Å². The number of carbonyl (C=O) groups is 1. The molecule has 0 saturated heterocycles. The molecular formula is C7H12N2O2. The van der Waals surface area contributed by atoms with E-state index in [4.69, 9.17) is 4.74 Å². The highest BCUT2D eigenvalue weighted by molar-refractivity contribution is 6.05. The number of hydrogen-bond donors (Lipinski definition) is 0. The summed E-state index contributed by atoms with van der Waals surface area (Å²) in [6.45, 7) is 3.01. The Bertz CT molecular complexity index is 189. The smallest absolute Gasteiger partial charge is 0.248 e. The second-order valence-electron chi connectivity index (χ2n) is 2.39. The van der Waals surface area contributed by atoms with Crippen molar-refractivity contribution in [3.05, 3.63) is 0 Å². The number of rotatable bonds is 3. The van der Waals surface area contributed by atoms with E-state index in [1.807, 2.05) is 6.92 Å². The lowest BCUT2D eigenvalue weighted by molar-refractivity contribution is -0.128. The average Bonchev–Trinajstić information content (AvgIpc) is 2.32. The highest BCUT2D eigenvalue weighted by Gasteiger charge is 2.21. The van der Waals surface area contributed by atoms with Gasteiger partial charge in [0.2, 0.25) is 5.91 Å². The Kier molecular flexibility index (Phi) is 2.59. The van der Waals surface area contributed by atoms with Gasteiger partial charge in [-0.25, -0.2) is 5.01 Å². The summed E-state index contributed by atoms with van der Waals surface area (Å²) in [6.07, 6.45) is 0.418. The van der Waals surface area contributed by atoms with E-state index < -0.39 is 0 Å². The zero-order chi connectivity index (χ0) is 8.27. The lowest BCUT2D eigenvalue weighted by Gasteiger charge is -2.05. The van der Waals surface area contributed by atoms with E-state index in [1.54, 1.807) is 7.11 Å². The minimum atomic E-state index is 0.0690. The third kappa shape index (κ3) is 1.77. The summed E-state index contributed by atoms with van der Waals surface area (Å²) in [6, 6.07) is 0. The molecule has 1 aliphatic heterocycles. The monoisotopic (exact) mass is 156 g/mol. The Hall–Kier alpha value is -0.900. The van der Waals surface area contributed by atoms with Crippen molar-refractivity contribution in [1.82, 2.24) is 5.01 Å². The molecular weight excluding hydrogens is 144 g/mol. The minimum absolute atomic E-state index is 0.0690. The van der Waals surface area contributed by atoms with Crippen molar-refractivity contribution in [2.75, 3.05) is 20.3 Å². The lowest BCUT2D eigenvalue weighted by atomic mass is 10.3. The quantitative estimate of drug-likeness (QED) is 0.587. The second kappa shape index (κ2) is 3.48. The SMILES string of the molecule is CCN1N=C(COC)CC1=O. The third-order valence-corrected chi connectivity index (χ3v) is 1.52. The average molecular weight is 156 g/mol. The molecule has 0 aliphatic carbocycles. The molecule has 0 bridgehead atoms. The lowest BCUT2D eigenvalue weighted by Crippen LogP contribution is -2.19. The minimum Gasteiger partial charge on any atom is -0.379 e.